The number of rotatable bonds is 4. The van der Waals surface area contributed by atoms with Gasteiger partial charge in [0.1, 0.15) is 6.61 Å². The summed E-state index contributed by atoms with van der Waals surface area (Å²) in [7, 11) is 0. The topological polar surface area (TPSA) is 64.4 Å². The zero-order valence-electron chi connectivity index (χ0n) is 10.5. The van der Waals surface area contributed by atoms with Crippen LogP contribution in [0.15, 0.2) is 18.2 Å². The van der Waals surface area contributed by atoms with Crippen LogP contribution in [0.1, 0.15) is 24.8 Å². The van der Waals surface area contributed by atoms with Crippen LogP contribution in [-0.2, 0) is 0 Å². The molecule has 18 heavy (non-hydrogen) atoms. The Morgan fingerprint density at radius 3 is 3.00 bits per heavy atom. The average molecular weight is 250 g/mol. The summed E-state index contributed by atoms with van der Waals surface area (Å²) in [4.78, 5) is 10.5. The third kappa shape index (κ3) is 2.98. The Balaban J connectivity index is 2.05. The van der Waals surface area contributed by atoms with Crippen LogP contribution in [0.3, 0.4) is 0 Å². The second-order valence-corrected chi connectivity index (χ2v) is 4.64. The second-order valence-electron chi connectivity index (χ2n) is 4.64. The SMILES string of the molecule is Cc1cccc([N+](=O)[O-])c1OCC1CCCCN1. The fourth-order valence-electron chi connectivity index (χ4n) is 2.22. The summed E-state index contributed by atoms with van der Waals surface area (Å²) in [6, 6.07) is 5.30. The molecule has 1 aromatic rings. The van der Waals surface area contributed by atoms with Crippen molar-refractivity contribution in [2.45, 2.75) is 32.2 Å². The van der Waals surface area contributed by atoms with Crippen molar-refractivity contribution >= 4 is 5.69 Å². The summed E-state index contributed by atoms with van der Waals surface area (Å²) in [6.07, 6.45) is 3.46. The van der Waals surface area contributed by atoms with Gasteiger partial charge in [0.15, 0.2) is 5.75 Å². The van der Waals surface area contributed by atoms with E-state index in [2.05, 4.69) is 5.32 Å². The molecule has 2 rings (SSSR count). The summed E-state index contributed by atoms with van der Waals surface area (Å²) in [5, 5.41) is 14.3. The number of nitrogens with zero attached hydrogens (tertiary/aromatic N) is 1. The molecular formula is C13H18N2O3. The maximum atomic E-state index is 10.9. The fraction of sp³-hybridized carbons (Fsp3) is 0.538. The maximum Gasteiger partial charge on any atom is 0.311 e. The monoisotopic (exact) mass is 250 g/mol. The van der Waals surface area contributed by atoms with E-state index < -0.39 is 4.92 Å². The zero-order chi connectivity index (χ0) is 13.0. The summed E-state index contributed by atoms with van der Waals surface area (Å²) in [5.74, 6) is 0.398. The van der Waals surface area contributed by atoms with Crippen LogP contribution in [0.5, 0.6) is 5.75 Å². The third-order valence-corrected chi connectivity index (χ3v) is 3.23. The van der Waals surface area contributed by atoms with Crippen molar-refractivity contribution in [2.75, 3.05) is 13.2 Å². The van der Waals surface area contributed by atoms with Crippen molar-refractivity contribution in [1.82, 2.24) is 5.32 Å². The van der Waals surface area contributed by atoms with Gasteiger partial charge >= 0.3 is 5.69 Å². The van der Waals surface area contributed by atoms with Gasteiger partial charge in [-0.25, -0.2) is 0 Å². The van der Waals surface area contributed by atoms with E-state index >= 15 is 0 Å². The van der Waals surface area contributed by atoms with Gasteiger partial charge in [-0.15, -0.1) is 0 Å². The van der Waals surface area contributed by atoms with Gasteiger partial charge in [0.2, 0.25) is 0 Å². The van der Waals surface area contributed by atoms with Gasteiger partial charge in [-0.3, -0.25) is 10.1 Å². The lowest BCUT2D eigenvalue weighted by atomic mass is 10.1. The van der Waals surface area contributed by atoms with Gasteiger partial charge < -0.3 is 10.1 Å². The molecule has 1 aromatic carbocycles. The predicted octanol–water partition coefficient (Wildman–Crippen LogP) is 2.42. The van der Waals surface area contributed by atoms with Crippen LogP contribution in [0.4, 0.5) is 5.69 Å². The fourth-order valence-corrected chi connectivity index (χ4v) is 2.22. The second kappa shape index (κ2) is 5.82. The average Bonchev–Trinajstić information content (AvgIpc) is 2.38. The third-order valence-electron chi connectivity index (χ3n) is 3.23. The van der Waals surface area contributed by atoms with E-state index in [9.17, 15) is 10.1 Å². The number of para-hydroxylation sites is 1. The first-order valence-electron chi connectivity index (χ1n) is 6.28. The van der Waals surface area contributed by atoms with Crippen molar-refractivity contribution in [3.8, 4) is 5.75 Å². The number of ether oxygens (including phenoxy) is 1. The van der Waals surface area contributed by atoms with Gasteiger partial charge in [-0.05, 0) is 31.9 Å². The molecule has 0 spiro atoms. The molecule has 5 nitrogen and oxygen atoms in total. The highest BCUT2D eigenvalue weighted by molar-refractivity contribution is 5.51. The Morgan fingerprint density at radius 1 is 1.50 bits per heavy atom. The first kappa shape index (κ1) is 12.8. The number of nitrogens with one attached hydrogen (secondary N) is 1. The van der Waals surface area contributed by atoms with E-state index in [-0.39, 0.29) is 5.69 Å². The van der Waals surface area contributed by atoms with Gasteiger partial charge in [-0.2, -0.15) is 0 Å². The Morgan fingerprint density at radius 2 is 2.33 bits per heavy atom. The van der Waals surface area contributed by atoms with E-state index in [1.54, 1.807) is 6.07 Å². The highest BCUT2D eigenvalue weighted by Crippen LogP contribution is 2.30. The molecule has 1 fully saturated rings. The molecule has 0 saturated carbocycles. The summed E-state index contributed by atoms with van der Waals surface area (Å²) in [5.41, 5.74) is 0.853. The predicted molar refractivity (Wildman–Crippen MR) is 69.0 cm³/mol. The molecule has 0 amide bonds. The van der Waals surface area contributed by atoms with Crippen molar-refractivity contribution < 1.29 is 9.66 Å². The van der Waals surface area contributed by atoms with E-state index in [4.69, 9.17) is 4.74 Å². The molecule has 1 aliphatic heterocycles. The van der Waals surface area contributed by atoms with Crippen molar-refractivity contribution in [1.29, 1.82) is 0 Å². The van der Waals surface area contributed by atoms with Crippen molar-refractivity contribution in [3.05, 3.63) is 33.9 Å². The van der Waals surface area contributed by atoms with E-state index in [1.807, 2.05) is 13.0 Å². The lowest BCUT2D eigenvalue weighted by Gasteiger charge is -2.23. The number of benzene rings is 1. The molecule has 1 unspecified atom stereocenters. The Bertz CT molecular complexity index is 428. The van der Waals surface area contributed by atoms with E-state index in [0.29, 0.717) is 18.4 Å². The molecule has 1 atom stereocenters. The normalized spacial score (nSPS) is 19.5. The van der Waals surface area contributed by atoms with Gasteiger partial charge in [0, 0.05) is 12.1 Å². The zero-order valence-corrected chi connectivity index (χ0v) is 10.5. The lowest BCUT2D eigenvalue weighted by molar-refractivity contribution is -0.385. The molecule has 0 aromatic heterocycles. The summed E-state index contributed by atoms with van der Waals surface area (Å²) in [6.45, 7) is 3.33. The molecule has 1 heterocycles. The summed E-state index contributed by atoms with van der Waals surface area (Å²) < 4.78 is 5.66. The highest BCUT2D eigenvalue weighted by Gasteiger charge is 2.19. The van der Waals surface area contributed by atoms with Crippen LogP contribution in [0.2, 0.25) is 0 Å². The number of hydrogen-bond acceptors (Lipinski definition) is 4. The molecule has 1 saturated heterocycles. The molecule has 0 bridgehead atoms. The Hall–Kier alpha value is -1.62. The Kier molecular flexibility index (Phi) is 4.15. The highest BCUT2D eigenvalue weighted by atomic mass is 16.6. The molecule has 98 valence electrons. The number of hydrogen-bond donors (Lipinski definition) is 1. The van der Waals surface area contributed by atoms with Gasteiger partial charge in [0.05, 0.1) is 4.92 Å². The number of nitro benzene ring substituents is 1. The molecule has 1 aliphatic rings. The smallest absolute Gasteiger partial charge is 0.311 e. The van der Waals surface area contributed by atoms with Crippen LogP contribution in [0.25, 0.3) is 0 Å². The van der Waals surface area contributed by atoms with Crippen molar-refractivity contribution in [3.63, 3.8) is 0 Å². The van der Waals surface area contributed by atoms with Crippen molar-refractivity contribution in [2.24, 2.45) is 0 Å². The minimum atomic E-state index is -0.392. The molecule has 5 heteroatoms. The molecular weight excluding hydrogens is 232 g/mol. The number of piperidine rings is 1. The molecule has 0 aliphatic carbocycles. The van der Waals surface area contributed by atoms with Crippen LogP contribution >= 0.6 is 0 Å². The number of nitro groups is 1. The minimum Gasteiger partial charge on any atom is -0.485 e. The van der Waals surface area contributed by atoms with Gasteiger partial charge in [-0.1, -0.05) is 18.6 Å². The first-order valence-corrected chi connectivity index (χ1v) is 6.28. The largest absolute Gasteiger partial charge is 0.485 e. The maximum absolute atomic E-state index is 10.9. The van der Waals surface area contributed by atoms with Gasteiger partial charge in [0.25, 0.3) is 0 Å². The van der Waals surface area contributed by atoms with Crippen LogP contribution < -0.4 is 10.1 Å². The standard InChI is InChI=1S/C13H18N2O3/c1-10-5-4-7-12(15(16)17)13(10)18-9-11-6-2-3-8-14-11/h4-5,7,11,14H,2-3,6,8-9H2,1H3. The van der Waals surface area contributed by atoms with E-state index in [0.717, 1.165) is 18.5 Å². The minimum absolute atomic E-state index is 0.0470. The number of aryl methyl sites for hydroxylation is 1. The lowest BCUT2D eigenvalue weighted by Crippen LogP contribution is -2.38. The molecule has 0 radical (unpaired) electrons. The Labute approximate surface area is 106 Å². The molecule has 1 N–H and O–H groups in total. The summed E-state index contributed by atoms with van der Waals surface area (Å²) >= 11 is 0. The quantitative estimate of drug-likeness (QED) is 0.658. The van der Waals surface area contributed by atoms with Crippen LogP contribution in [-0.4, -0.2) is 24.1 Å². The first-order chi connectivity index (χ1) is 8.68. The van der Waals surface area contributed by atoms with E-state index in [1.165, 1.54) is 18.9 Å². The van der Waals surface area contributed by atoms with Crippen LogP contribution in [0, 0.1) is 17.0 Å².